The monoisotopic (exact) mass is 235 g/mol. The molecule has 1 atom stereocenters. The van der Waals surface area contributed by atoms with Gasteiger partial charge >= 0.3 is 0 Å². The van der Waals surface area contributed by atoms with E-state index < -0.39 is 0 Å². The summed E-state index contributed by atoms with van der Waals surface area (Å²) >= 11 is 0. The summed E-state index contributed by atoms with van der Waals surface area (Å²) in [6.45, 7) is 5.47. The summed E-state index contributed by atoms with van der Waals surface area (Å²) in [5.41, 5.74) is 0. The first-order valence-corrected chi connectivity index (χ1v) is 6.88. The third-order valence-corrected chi connectivity index (χ3v) is 2.88. The summed E-state index contributed by atoms with van der Waals surface area (Å²) in [6.07, 6.45) is 11.1. The lowest BCUT2D eigenvalue weighted by molar-refractivity contribution is 0.452. The predicted octanol–water partition coefficient (Wildman–Crippen LogP) is 3.49. The van der Waals surface area contributed by atoms with Crippen molar-refractivity contribution < 1.29 is 0 Å². The molecule has 0 aliphatic carbocycles. The molecule has 0 aliphatic heterocycles. The molecule has 1 aromatic rings. The van der Waals surface area contributed by atoms with E-state index >= 15 is 0 Å². The van der Waals surface area contributed by atoms with Gasteiger partial charge in [-0.25, -0.2) is 9.97 Å². The quantitative estimate of drug-likeness (QED) is 0.666. The molecule has 3 nitrogen and oxygen atoms in total. The van der Waals surface area contributed by atoms with Crippen LogP contribution in [0.25, 0.3) is 0 Å². The molecule has 0 saturated carbocycles. The molecule has 0 radical (unpaired) electrons. The molecule has 3 heteroatoms. The Balaban J connectivity index is 2.43. The maximum atomic E-state index is 4.36. The highest BCUT2D eigenvalue weighted by atomic mass is 15.0. The number of nitrogens with zero attached hydrogens (tertiary/aromatic N) is 2. The second kappa shape index (κ2) is 9.11. The van der Waals surface area contributed by atoms with Crippen molar-refractivity contribution in [3.05, 3.63) is 24.3 Å². The fourth-order valence-electron chi connectivity index (χ4n) is 1.91. The molecule has 0 saturated heterocycles. The molecule has 0 fully saturated rings. The van der Waals surface area contributed by atoms with Crippen LogP contribution in [0.3, 0.4) is 0 Å². The van der Waals surface area contributed by atoms with Crippen LogP contribution in [0, 0.1) is 0 Å². The van der Waals surface area contributed by atoms with E-state index in [0.29, 0.717) is 6.04 Å². The highest BCUT2D eigenvalue weighted by Gasteiger charge is 2.12. The van der Waals surface area contributed by atoms with Crippen LogP contribution < -0.4 is 5.32 Å². The van der Waals surface area contributed by atoms with Gasteiger partial charge in [0.2, 0.25) is 0 Å². The van der Waals surface area contributed by atoms with Crippen LogP contribution in [0.2, 0.25) is 0 Å². The normalized spacial score (nSPS) is 12.6. The lowest BCUT2D eigenvalue weighted by Crippen LogP contribution is -2.24. The zero-order valence-electron chi connectivity index (χ0n) is 11.2. The molecule has 0 bridgehead atoms. The Kier molecular flexibility index (Phi) is 7.56. The topological polar surface area (TPSA) is 37.8 Å². The van der Waals surface area contributed by atoms with Crippen LogP contribution in [-0.4, -0.2) is 16.5 Å². The van der Waals surface area contributed by atoms with E-state index in [2.05, 4.69) is 29.1 Å². The van der Waals surface area contributed by atoms with Crippen LogP contribution in [-0.2, 0) is 0 Å². The minimum Gasteiger partial charge on any atom is -0.307 e. The molecule has 0 aromatic carbocycles. The van der Waals surface area contributed by atoms with Gasteiger partial charge in [-0.15, -0.1) is 0 Å². The first-order valence-electron chi connectivity index (χ1n) is 6.88. The van der Waals surface area contributed by atoms with Gasteiger partial charge in [0.15, 0.2) is 0 Å². The first kappa shape index (κ1) is 14.1. The number of nitrogens with one attached hydrogen (secondary N) is 1. The summed E-state index contributed by atoms with van der Waals surface area (Å²) in [5, 5.41) is 3.54. The summed E-state index contributed by atoms with van der Waals surface area (Å²) in [7, 11) is 0. The molecular formula is C14H25N3. The van der Waals surface area contributed by atoms with E-state index in [9.17, 15) is 0 Å². The molecule has 1 N–H and O–H groups in total. The zero-order valence-corrected chi connectivity index (χ0v) is 11.2. The lowest BCUT2D eigenvalue weighted by atomic mass is 10.1. The van der Waals surface area contributed by atoms with Crippen molar-refractivity contribution in [2.24, 2.45) is 0 Å². The van der Waals surface area contributed by atoms with Crippen molar-refractivity contribution in [3.63, 3.8) is 0 Å². The molecule has 1 rings (SSSR count). The highest BCUT2D eigenvalue weighted by molar-refractivity contribution is 4.95. The molecule has 0 aliphatic rings. The van der Waals surface area contributed by atoms with E-state index in [1.807, 2.05) is 18.5 Å². The third-order valence-electron chi connectivity index (χ3n) is 2.88. The van der Waals surface area contributed by atoms with Gasteiger partial charge in [-0.05, 0) is 25.5 Å². The van der Waals surface area contributed by atoms with Crippen molar-refractivity contribution in [1.29, 1.82) is 0 Å². The molecule has 0 spiro atoms. The number of hydrogen-bond acceptors (Lipinski definition) is 3. The maximum Gasteiger partial charge on any atom is 0.145 e. The van der Waals surface area contributed by atoms with Crippen LogP contribution in [0.1, 0.15) is 64.2 Å². The zero-order chi connectivity index (χ0) is 12.3. The average molecular weight is 235 g/mol. The number of unbranched alkanes of at least 4 members (excludes halogenated alkanes) is 3. The summed E-state index contributed by atoms with van der Waals surface area (Å²) in [5.74, 6) is 0.942. The lowest BCUT2D eigenvalue weighted by Gasteiger charge is -2.16. The van der Waals surface area contributed by atoms with Crippen LogP contribution in [0.4, 0.5) is 0 Å². The maximum absolute atomic E-state index is 4.36. The SMILES string of the molecule is CCCCCCC(NCCC)c1ncccn1. The molecule has 1 unspecified atom stereocenters. The van der Waals surface area contributed by atoms with E-state index in [1.165, 1.54) is 25.7 Å². The molecule has 96 valence electrons. The predicted molar refractivity (Wildman–Crippen MR) is 71.8 cm³/mol. The number of hydrogen-bond donors (Lipinski definition) is 1. The van der Waals surface area contributed by atoms with Crippen molar-refractivity contribution in [3.8, 4) is 0 Å². The van der Waals surface area contributed by atoms with Crippen LogP contribution >= 0.6 is 0 Å². The van der Waals surface area contributed by atoms with Crippen molar-refractivity contribution in [2.75, 3.05) is 6.54 Å². The van der Waals surface area contributed by atoms with Crippen molar-refractivity contribution in [2.45, 2.75) is 58.4 Å². The minimum atomic E-state index is 0.327. The van der Waals surface area contributed by atoms with Crippen molar-refractivity contribution in [1.82, 2.24) is 15.3 Å². The Labute approximate surface area is 105 Å². The molecule has 17 heavy (non-hydrogen) atoms. The Morgan fingerprint density at radius 1 is 1.06 bits per heavy atom. The van der Waals surface area contributed by atoms with Gasteiger partial charge in [0.05, 0.1) is 6.04 Å². The molecule has 0 amide bonds. The van der Waals surface area contributed by atoms with Crippen molar-refractivity contribution >= 4 is 0 Å². The fraction of sp³-hybridized carbons (Fsp3) is 0.714. The van der Waals surface area contributed by atoms with Gasteiger partial charge in [0, 0.05) is 12.4 Å². The number of aromatic nitrogens is 2. The second-order valence-electron chi connectivity index (χ2n) is 4.46. The van der Waals surface area contributed by atoms with E-state index in [-0.39, 0.29) is 0 Å². The van der Waals surface area contributed by atoms with Gasteiger partial charge in [-0.1, -0.05) is 39.5 Å². The summed E-state index contributed by atoms with van der Waals surface area (Å²) in [6, 6.07) is 2.20. The largest absolute Gasteiger partial charge is 0.307 e. The van der Waals surface area contributed by atoms with Gasteiger partial charge in [0.25, 0.3) is 0 Å². The average Bonchev–Trinajstić information content (AvgIpc) is 2.39. The van der Waals surface area contributed by atoms with Gasteiger partial charge in [0.1, 0.15) is 5.82 Å². The van der Waals surface area contributed by atoms with Crippen LogP contribution in [0.15, 0.2) is 18.5 Å². The van der Waals surface area contributed by atoms with Crippen LogP contribution in [0.5, 0.6) is 0 Å². The van der Waals surface area contributed by atoms with E-state index in [1.54, 1.807) is 0 Å². The second-order valence-corrected chi connectivity index (χ2v) is 4.46. The molecular weight excluding hydrogens is 210 g/mol. The fourth-order valence-corrected chi connectivity index (χ4v) is 1.91. The van der Waals surface area contributed by atoms with Gasteiger partial charge in [-0.3, -0.25) is 0 Å². The molecule has 1 heterocycles. The third kappa shape index (κ3) is 5.78. The Hall–Kier alpha value is -0.960. The molecule has 1 aromatic heterocycles. The van der Waals surface area contributed by atoms with Gasteiger partial charge < -0.3 is 5.32 Å². The summed E-state index contributed by atoms with van der Waals surface area (Å²) < 4.78 is 0. The smallest absolute Gasteiger partial charge is 0.145 e. The highest BCUT2D eigenvalue weighted by Crippen LogP contribution is 2.16. The van der Waals surface area contributed by atoms with E-state index in [4.69, 9.17) is 0 Å². The minimum absolute atomic E-state index is 0.327. The Morgan fingerprint density at radius 2 is 1.82 bits per heavy atom. The van der Waals surface area contributed by atoms with E-state index in [0.717, 1.165) is 25.2 Å². The van der Waals surface area contributed by atoms with Gasteiger partial charge in [-0.2, -0.15) is 0 Å². The summed E-state index contributed by atoms with van der Waals surface area (Å²) in [4.78, 5) is 8.71. The Morgan fingerprint density at radius 3 is 2.47 bits per heavy atom. The first-order chi connectivity index (χ1) is 8.38. The number of rotatable bonds is 9. The standard InChI is InChI=1S/C14H25N3/c1-3-5-6-7-9-13(15-10-4-2)14-16-11-8-12-17-14/h8,11-13,15H,3-7,9-10H2,1-2H3. The Bertz CT molecular complexity index is 274.